The number of carboxylic acid groups (broad SMARTS) is 1. The summed E-state index contributed by atoms with van der Waals surface area (Å²) in [6, 6.07) is 14.4. The van der Waals surface area contributed by atoms with Gasteiger partial charge in [0.15, 0.2) is 0 Å². The molecule has 4 aromatic rings. The number of benzene rings is 2. The van der Waals surface area contributed by atoms with E-state index in [1.54, 1.807) is 56.4 Å². The predicted octanol–water partition coefficient (Wildman–Crippen LogP) is 6.96. The lowest BCUT2D eigenvalue weighted by Crippen LogP contribution is -2.38. The van der Waals surface area contributed by atoms with Gasteiger partial charge in [0.05, 0.1) is 16.9 Å². The van der Waals surface area contributed by atoms with Gasteiger partial charge in [-0.1, -0.05) is 17.7 Å². The van der Waals surface area contributed by atoms with Crippen molar-refractivity contribution in [2.45, 2.75) is 39.5 Å². The summed E-state index contributed by atoms with van der Waals surface area (Å²) < 4.78 is 47.3. The minimum absolute atomic E-state index is 0.0555. The van der Waals surface area contributed by atoms with E-state index >= 15 is 0 Å². The summed E-state index contributed by atoms with van der Waals surface area (Å²) in [5, 5.41) is 12.9. The molecule has 0 radical (unpaired) electrons. The predicted molar refractivity (Wildman–Crippen MR) is 147 cm³/mol. The van der Waals surface area contributed by atoms with E-state index < -0.39 is 35.5 Å². The third-order valence-electron chi connectivity index (χ3n) is 6.08. The molecule has 0 aliphatic carbocycles. The summed E-state index contributed by atoms with van der Waals surface area (Å²) in [5.74, 6) is -2.72. The lowest BCUT2D eigenvalue weighted by atomic mass is 10.1. The molecule has 8 nitrogen and oxygen atoms in total. The summed E-state index contributed by atoms with van der Waals surface area (Å²) in [7, 11) is 0. The molecule has 0 unspecified atom stereocenters. The second-order valence-corrected chi connectivity index (χ2v) is 9.51. The average molecular weight is 565 g/mol. The van der Waals surface area contributed by atoms with E-state index in [1.165, 1.54) is 29.4 Å². The summed E-state index contributed by atoms with van der Waals surface area (Å²) >= 11 is 0. The second kappa shape index (κ2) is 12.1. The van der Waals surface area contributed by atoms with Gasteiger partial charge in [0, 0.05) is 36.7 Å². The minimum Gasteiger partial charge on any atom is -0.478 e. The van der Waals surface area contributed by atoms with E-state index in [1.807, 2.05) is 6.92 Å². The Hall–Kier alpha value is -4.93. The summed E-state index contributed by atoms with van der Waals surface area (Å²) in [4.78, 5) is 34.7. The molecule has 4 rings (SSSR count). The zero-order valence-electron chi connectivity index (χ0n) is 22.4. The number of hydrogen-bond acceptors (Lipinski definition) is 6. The van der Waals surface area contributed by atoms with Crippen LogP contribution in [0.2, 0.25) is 0 Å². The number of alkyl halides is 3. The first-order chi connectivity index (χ1) is 19.4. The standard InChI is InChI=1S/C30H27F3N4O4/c1-18(2)37(28(38)21-8-6-19(3)7-9-21)26-11-10-23(14-24(26)29(39)40)41-27-25(30(31,32)33)13-20(16-36-27)15-35-22-5-4-12-34-17-22/h4-14,16-18,35H,15H2,1-3H3,(H,39,40). The van der Waals surface area contributed by atoms with Crippen LogP contribution >= 0.6 is 0 Å². The lowest BCUT2D eigenvalue weighted by molar-refractivity contribution is -0.138. The van der Waals surface area contributed by atoms with Gasteiger partial charge < -0.3 is 20.1 Å². The van der Waals surface area contributed by atoms with Gasteiger partial charge >= 0.3 is 12.1 Å². The van der Waals surface area contributed by atoms with Gasteiger partial charge in [-0.15, -0.1) is 0 Å². The Balaban J connectivity index is 1.65. The molecular formula is C30H27F3N4O4. The van der Waals surface area contributed by atoms with Crippen molar-refractivity contribution in [3.8, 4) is 11.6 Å². The Labute approximate surface area is 234 Å². The molecular weight excluding hydrogens is 537 g/mol. The molecule has 0 saturated heterocycles. The molecule has 0 fully saturated rings. The summed E-state index contributed by atoms with van der Waals surface area (Å²) in [6.45, 7) is 5.39. The number of aryl methyl sites for hydroxylation is 1. The fourth-order valence-corrected chi connectivity index (χ4v) is 4.08. The monoisotopic (exact) mass is 564 g/mol. The molecule has 0 saturated carbocycles. The number of carbonyl (C=O) groups is 2. The van der Waals surface area contributed by atoms with Crippen molar-refractivity contribution in [3.63, 3.8) is 0 Å². The van der Waals surface area contributed by atoms with Crippen molar-refractivity contribution in [1.29, 1.82) is 0 Å². The lowest BCUT2D eigenvalue weighted by Gasteiger charge is -2.28. The molecule has 11 heteroatoms. The topological polar surface area (TPSA) is 105 Å². The maximum absolute atomic E-state index is 13.9. The van der Waals surface area contributed by atoms with Crippen LogP contribution in [-0.2, 0) is 12.7 Å². The maximum atomic E-state index is 13.9. The van der Waals surface area contributed by atoms with Crippen LogP contribution < -0.4 is 15.0 Å². The van der Waals surface area contributed by atoms with Gasteiger partial charge in [0.25, 0.3) is 5.91 Å². The molecule has 2 aromatic heterocycles. The smallest absolute Gasteiger partial charge is 0.421 e. The Kier molecular flexibility index (Phi) is 8.56. The van der Waals surface area contributed by atoms with E-state index in [0.29, 0.717) is 11.3 Å². The molecule has 0 aliphatic heterocycles. The van der Waals surface area contributed by atoms with E-state index in [4.69, 9.17) is 4.74 Å². The first kappa shape index (κ1) is 29.1. The third kappa shape index (κ3) is 6.99. The first-order valence-electron chi connectivity index (χ1n) is 12.6. The molecule has 41 heavy (non-hydrogen) atoms. The van der Waals surface area contributed by atoms with Crippen LogP contribution in [-0.4, -0.2) is 33.0 Å². The van der Waals surface area contributed by atoms with Crippen molar-refractivity contribution in [2.24, 2.45) is 0 Å². The molecule has 1 amide bonds. The van der Waals surface area contributed by atoms with E-state index in [-0.39, 0.29) is 29.1 Å². The Morgan fingerprint density at radius 2 is 1.78 bits per heavy atom. The number of pyridine rings is 2. The van der Waals surface area contributed by atoms with Crippen LogP contribution in [0.5, 0.6) is 11.6 Å². The fourth-order valence-electron chi connectivity index (χ4n) is 4.08. The van der Waals surface area contributed by atoms with Gasteiger partial charge in [0.1, 0.15) is 11.3 Å². The normalized spacial score (nSPS) is 11.3. The van der Waals surface area contributed by atoms with Crippen LogP contribution in [0, 0.1) is 6.92 Å². The van der Waals surface area contributed by atoms with Gasteiger partial charge in [-0.05, 0) is 74.9 Å². The maximum Gasteiger partial charge on any atom is 0.421 e. The van der Waals surface area contributed by atoms with E-state index in [2.05, 4.69) is 15.3 Å². The number of carbonyl (C=O) groups excluding carboxylic acids is 1. The van der Waals surface area contributed by atoms with Gasteiger partial charge in [-0.25, -0.2) is 9.78 Å². The quantitative estimate of drug-likeness (QED) is 0.226. The number of halogens is 3. The van der Waals surface area contributed by atoms with Crippen LogP contribution in [0.25, 0.3) is 0 Å². The minimum atomic E-state index is -4.79. The highest BCUT2D eigenvalue weighted by atomic mass is 19.4. The fraction of sp³-hybridized carbons (Fsp3) is 0.200. The third-order valence-corrected chi connectivity index (χ3v) is 6.08. The number of ether oxygens (including phenoxy) is 1. The van der Waals surface area contributed by atoms with Gasteiger partial charge in [0.2, 0.25) is 5.88 Å². The number of carboxylic acids is 1. The van der Waals surface area contributed by atoms with Crippen LogP contribution in [0.3, 0.4) is 0 Å². The van der Waals surface area contributed by atoms with Crippen LogP contribution in [0.1, 0.15) is 51.3 Å². The molecule has 2 N–H and O–H groups in total. The van der Waals surface area contributed by atoms with Crippen LogP contribution in [0.15, 0.2) is 79.3 Å². The van der Waals surface area contributed by atoms with Crippen molar-refractivity contribution >= 4 is 23.3 Å². The van der Waals surface area contributed by atoms with E-state index in [0.717, 1.165) is 17.7 Å². The molecule has 0 spiro atoms. The Bertz CT molecular complexity index is 1540. The molecule has 2 heterocycles. The number of nitrogens with one attached hydrogen (secondary N) is 1. The number of hydrogen-bond donors (Lipinski definition) is 2. The number of rotatable bonds is 9. The zero-order valence-corrected chi connectivity index (χ0v) is 22.4. The molecule has 0 atom stereocenters. The Morgan fingerprint density at radius 1 is 1.05 bits per heavy atom. The number of anilines is 2. The zero-order chi connectivity index (χ0) is 29.7. The summed E-state index contributed by atoms with van der Waals surface area (Å²) in [5.41, 5.74) is 0.820. The highest BCUT2D eigenvalue weighted by molar-refractivity contribution is 6.09. The van der Waals surface area contributed by atoms with Gasteiger partial charge in [-0.3, -0.25) is 9.78 Å². The highest BCUT2D eigenvalue weighted by Crippen LogP contribution is 2.38. The second-order valence-electron chi connectivity index (χ2n) is 9.51. The van der Waals surface area contributed by atoms with Crippen molar-refractivity contribution < 1.29 is 32.6 Å². The van der Waals surface area contributed by atoms with E-state index in [9.17, 15) is 27.9 Å². The average Bonchev–Trinajstić information content (AvgIpc) is 2.93. The van der Waals surface area contributed by atoms with Crippen LogP contribution in [0.4, 0.5) is 24.5 Å². The number of aromatic carboxylic acids is 1. The number of amides is 1. The highest BCUT2D eigenvalue weighted by Gasteiger charge is 2.36. The Morgan fingerprint density at radius 3 is 2.39 bits per heavy atom. The van der Waals surface area contributed by atoms with Crippen molar-refractivity contribution in [3.05, 3.63) is 107 Å². The largest absolute Gasteiger partial charge is 0.478 e. The number of nitrogens with zero attached hydrogens (tertiary/aromatic N) is 3. The number of aromatic nitrogens is 2. The molecule has 212 valence electrons. The first-order valence-corrected chi connectivity index (χ1v) is 12.6. The molecule has 0 bridgehead atoms. The van der Waals surface area contributed by atoms with Crippen molar-refractivity contribution in [2.75, 3.05) is 10.2 Å². The summed E-state index contributed by atoms with van der Waals surface area (Å²) in [6.07, 6.45) is -0.447. The molecule has 2 aromatic carbocycles. The van der Waals surface area contributed by atoms with Crippen molar-refractivity contribution in [1.82, 2.24) is 9.97 Å². The molecule has 0 aliphatic rings. The van der Waals surface area contributed by atoms with Gasteiger partial charge in [-0.2, -0.15) is 13.2 Å². The SMILES string of the molecule is Cc1ccc(C(=O)N(c2ccc(Oc3ncc(CNc4cccnc4)cc3C(F)(F)F)cc2C(=O)O)C(C)C)cc1.